The summed E-state index contributed by atoms with van der Waals surface area (Å²) in [5.41, 5.74) is 1.27. The highest BCUT2D eigenvalue weighted by Crippen LogP contribution is 2.25. The molecule has 0 bridgehead atoms. The second-order valence-electron chi connectivity index (χ2n) is 2.61. The number of nitrogens with one attached hydrogen (secondary N) is 2. The maximum Gasteiger partial charge on any atom is 0.323 e. The second-order valence-corrected chi connectivity index (χ2v) is 3.47. The fraction of sp³-hybridized carbons (Fsp3) is 0.125. The Morgan fingerprint density at radius 3 is 2.85 bits per heavy atom. The minimum Gasteiger partial charge on any atom is -0.497 e. The highest BCUT2D eigenvalue weighted by atomic mass is 79.9. The first-order chi connectivity index (χ1) is 6.20. The molecule has 13 heavy (non-hydrogen) atoms. The van der Waals surface area contributed by atoms with Crippen LogP contribution in [0.1, 0.15) is 0 Å². The number of methoxy groups -OCH3 is 1. The van der Waals surface area contributed by atoms with Crippen LogP contribution in [-0.2, 0) is 0 Å². The summed E-state index contributed by atoms with van der Waals surface area (Å²) in [5.74, 6) is 0.703. The van der Waals surface area contributed by atoms with Gasteiger partial charge in [-0.15, -0.1) is 0 Å². The summed E-state index contributed by atoms with van der Waals surface area (Å²) < 4.78 is 5.85. The molecule has 0 saturated carbocycles. The van der Waals surface area contributed by atoms with Gasteiger partial charge in [0.1, 0.15) is 5.75 Å². The van der Waals surface area contributed by atoms with Gasteiger partial charge in [-0.1, -0.05) is 0 Å². The normalized spacial score (nSPS) is 10.6. The minimum atomic E-state index is -0.219. The van der Waals surface area contributed by atoms with E-state index < -0.39 is 0 Å². The van der Waals surface area contributed by atoms with Crippen LogP contribution in [0.3, 0.4) is 0 Å². The molecular formula is C8H7BrN2O2. The van der Waals surface area contributed by atoms with Crippen LogP contribution in [-0.4, -0.2) is 17.1 Å². The summed E-state index contributed by atoms with van der Waals surface area (Å²) in [5, 5.41) is 0. The Morgan fingerprint density at radius 1 is 1.38 bits per heavy atom. The number of halogens is 1. The van der Waals surface area contributed by atoms with Gasteiger partial charge < -0.3 is 14.7 Å². The quantitative estimate of drug-likeness (QED) is 0.799. The van der Waals surface area contributed by atoms with Crippen LogP contribution in [0.25, 0.3) is 11.0 Å². The van der Waals surface area contributed by atoms with E-state index in [2.05, 4.69) is 25.9 Å². The maximum atomic E-state index is 11.0. The van der Waals surface area contributed by atoms with E-state index >= 15 is 0 Å². The second kappa shape index (κ2) is 2.92. The molecule has 0 fully saturated rings. The number of H-pyrrole nitrogens is 2. The number of hydrogen-bond donors (Lipinski definition) is 2. The Labute approximate surface area is 82.0 Å². The molecule has 0 unspecified atom stereocenters. The highest BCUT2D eigenvalue weighted by molar-refractivity contribution is 9.10. The molecule has 0 aliphatic rings. The summed E-state index contributed by atoms with van der Waals surface area (Å²) in [6.45, 7) is 0. The molecule has 2 N–H and O–H groups in total. The largest absolute Gasteiger partial charge is 0.497 e. The molecule has 0 aliphatic carbocycles. The number of fused-ring (bicyclic) bond motifs is 1. The Bertz CT molecular complexity index is 500. The zero-order valence-electron chi connectivity index (χ0n) is 6.85. The van der Waals surface area contributed by atoms with Crippen LogP contribution in [0.5, 0.6) is 5.75 Å². The maximum absolute atomic E-state index is 11.0. The number of ether oxygens (including phenoxy) is 1. The molecule has 2 aromatic rings. The van der Waals surface area contributed by atoms with Gasteiger partial charge in [-0.2, -0.15) is 0 Å². The molecule has 0 radical (unpaired) electrons. The van der Waals surface area contributed by atoms with Gasteiger partial charge >= 0.3 is 5.69 Å². The molecule has 5 heteroatoms. The molecule has 1 aromatic carbocycles. The van der Waals surface area contributed by atoms with E-state index in [1.807, 2.05) is 0 Å². The van der Waals surface area contributed by atoms with Crippen molar-refractivity contribution in [3.05, 3.63) is 27.1 Å². The summed E-state index contributed by atoms with van der Waals surface area (Å²) in [7, 11) is 1.58. The fourth-order valence-corrected chi connectivity index (χ4v) is 1.73. The van der Waals surface area contributed by atoms with Crippen molar-refractivity contribution < 1.29 is 4.74 Å². The SMILES string of the molecule is COc1cc(Br)c2[nH]c(=O)[nH]c2c1. The average Bonchev–Trinajstić information content (AvgIpc) is 2.46. The number of rotatable bonds is 1. The van der Waals surface area contributed by atoms with Crippen LogP contribution in [0.4, 0.5) is 0 Å². The lowest BCUT2D eigenvalue weighted by atomic mass is 10.3. The molecule has 68 valence electrons. The van der Waals surface area contributed by atoms with Crippen LogP contribution in [0.2, 0.25) is 0 Å². The van der Waals surface area contributed by atoms with E-state index in [-0.39, 0.29) is 5.69 Å². The number of aromatic amines is 2. The van der Waals surface area contributed by atoms with Crippen molar-refractivity contribution in [3.8, 4) is 5.75 Å². The summed E-state index contributed by atoms with van der Waals surface area (Å²) in [6, 6.07) is 3.56. The van der Waals surface area contributed by atoms with Gasteiger partial charge in [0, 0.05) is 10.5 Å². The third-order valence-electron chi connectivity index (χ3n) is 1.79. The van der Waals surface area contributed by atoms with Crippen LogP contribution < -0.4 is 10.4 Å². The third kappa shape index (κ3) is 1.35. The predicted octanol–water partition coefficient (Wildman–Crippen LogP) is 1.63. The van der Waals surface area contributed by atoms with Crippen molar-refractivity contribution in [2.75, 3.05) is 7.11 Å². The predicted molar refractivity (Wildman–Crippen MR) is 53.2 cm³/mol. The lowest BCUT2D eigenvalue weighted by molar-refractivity contribution is 0.415. The van der Waals surface area contributed by atoms with Gasteiger partial charge in [-0.25, -0.2) is 4.79 Å². The molecule has 0 spiro atoms. The lowest BCUT2D eigenvalue weighted by Gasteiger charge is -2.00. The molecule has 0 atom stereocenters. The molecule has 0 saturated heterocycles. The van der Waals surface area contributed by atoms with Crippen molar-refractivity contribution in [3.63, 3.8) is 0 Å². The minimum absolute atomic E-state index is 0.219. The van der Waals surface area contributed by atoms with Crippen molar-refractivity contribution >= 4 is 27.0 Å². The van der Waals surface area contributed by atoms with Gasteiger partial charge in [-0.3, -0.25) is 0 Å². The van der Waals surface area contributed by atoms with Gasteiger partial charge in [0.25, 0.3) is 0 Å². The van der Waals surface area contributed by atoms with Gasteiger partial charge in [0.05, 0.1) is 18.1 Å². The number of imidazole rings is 1. The first-order valence-electron chi connectivity index (χ1n) is 3.66. The standard InChI is InChI=1S/C8H7BrN2O2/c1-13-4-2-5(9)7-6(3-4)10-8(12)11-7/h2-3H,1H3,(H2,10,11,12). The van der Waals surface area contributed by atoms with Crippen molar-refractivity contribution in [1.29, 1.82) is 0 Å². The fourth-order valence-electron chi connectivity index (χ4n) is 1.19. The first kappa shape index (κ1) is 8.37. The Hall–Kier alpha value is -1.23. The van der Waals surface area contributed by atoms with E-state index in [9.17, 15) is 4.79 Å². The molecule has 0 amide bonds. The molecule has 1 heterocycles. The zero-order chi connectivity index (χ0) is 9.42. The van der Waals surface area contributed by atoms with Crippen molar-refractivity contribution in [2.24, 2.45) is 0 Å². The average molecular weight is 243 g/mol. The first-order valence-corrected chi connectivity index (χ1v) is 4.45. The highest BCUT2D eigenvalue weighted by Gasteiger charge is 2.04. The lowest BCUT2D eigenvalue weighted by Crippen LogP contribution is -1.99. The van der Waals surface area contributed by atoms with E-state index in [0.717, 1.165) is 15.5 Å². The number of benzene rings is 1. The molecule has 1 aromatic heterocycles. The van der Waals surface area contributed by atoms with Gasteiger partial charge in [-0.05, 0) is 22.0 Å². The van der Waals surface area contributed by atoms with Crippen LogP contribution in [0.15, 0.2) is 21.4 Å². The van der Waals surface area contributed by atoms with E-state index in [1.54, 1.807) is 19.2 Å². The molecule has 0 aliphatic heterocycles. The Balaban J connectivity index is 2.83. The molecular weight excluding hydrogens is 236 g/mol. The van der Waals surface area contributed by atoms with Crippen molar-refractivity contribution in [2.45, 2.75) is 0 Å². The van der Waals surface area contributed by atoms with Gasteiger partial charge in [0.2, 0.25) is 0 Å². The molecule has 4 nitrogen and oxygen atoms in total. The van der Waals surface area contributed by atoms with Crippen molar-refractivity contribution in [1.82, 2.24) is 9.97 Å². The monoisotopic (exact) mass is 242 g/mol. The third-order valence-corrected chi connectivity index (χ3v) is 2.41. The van der Waals surface area contributed by atoms with E-state index in [0.29, 0.717) is 5.75 Å². The summed E-state index contributed by atoms with van der Waals surface area (Å²) >= 11 is 3.33. The number of aromatic nitrogens is 2. The van der Waals surface area contributed by atoms with Crippen LogP contribution in [0, 0.1) is 0 Å². The smallest absolute Gasteiger partial charge is 0.323 e. The Morgan fingerprint density at radius 2 is 2.15 bits per heavy atom. The number of hydrogen-bond acceptors (Lipinski definition) is 2. The summed E-state index contributed by atoms with van der Waals surface area (Å²) in [4.78, 5) is 16.3. The van der Waals surface area contributed by atoms with Crippen LogP contribution >= 0.6 is 15.9 Å². The molecule has 2 rings (SSSR count). The summed E-state index contributed by atoms with van der Waals surface area (Å²) in [6.07, 6.45) is 0. The topological polar surface area (TPSA) is 57.9 Å². The Kier molecular flexibility index (Phi) is 1.88. The van der Waals surface area contributed by atoms with E-state index in [4.69, 9.17) is 4.74 Å². The van der Waals surface area contributed by atoms with Gasteiger partial charge in [0.15, 0.2) is 0 Å². The van der Waals surface area contributed by atoms with E-state index in [1.165, 1.54) is 0 Å². The zero-order valence-corrected chi connectivity index (χ0v) is 8.44.